The first-order chi connectivity index (χ1) is 7.45. The monoisotopic (exact) mass is 232 g/mol. The summed E-state index contributed by atoms with van der Waals surface area (Å²) < 4.78 is 37.0. The molecule has 0 spiro atoms. The third-order valence-electron chi connectivity index (χ3n) is 2.35. The van der Waals surface area contributed by atoms with Crippen LogP contribution in [0, 0.1) is 0 Å². The van der Waals surface area contributed by atoms with Crippen molar-refractivity contribution in [3.8, 4) is 0 Å². The fourth-order valence-corrected chi connectivity index (χ4v) is 1.45. The highest BCUT2D eigenvalue weighted by Crippen LogP contribution is 2.31. The van der Waals surface area contributed by atoms with E-state index in [1.165, 1.54) is 6.07 Å². The van der Waals surface area contributed by atoms with Crippen molar-refractivity contribution in [2.75, 3.05) is 19.3 Å². The van der Waals surface area contributed by atoms with E-state index in [2.05, 4.69) is 5.32 Å². The number of halogens is 3. The number of rotatable bonds is 4. The van der Waals surface area contributed by atoms with E-state index in [1.54, 1.807) is 0 Å². The molecule has 1 rings (SSSR count). The minimum atomic E-state index is -4.32. The Kier molecular flexibility index (Phi) is 4.18. The van der Waals surface area contributed by atoms with E-state index in [9.17, 15) is 13.2 Å². The molecule has 1 aromatic carbocycles. The number of nitrogen functional groups attached to an aromatic ring is 1. The van der Waals surface area contributed by atoms with E-state index < -0.39 is 11.7 Å². The molecule has 0 aromatic heterocycles. The molecule has 0 unspecified atom stereocenters. The van der Waals surface area contributed by atoms with Crippen LogP contribution in [0.2, 0.25) is 0 Å². The van der Waals surface area contributed by atoms with Gasteiger partial charge in [0.2, 0.25) is 0 Å². The van der Waals surface area contributed by atoms with Crippen LogP contribution < -0.4 is 11.1 Å². The number of aryl methyl sites for hydroxylation is 1. The second-order valence-corrected chi connectivity index (χ2v) is 3.62. The molecule has 0 heterocycles. The highest BCUT2D eigenvalue weighted by Gasteiger charge is 2.30. The summed E-state index contributed by atoms with van der Waals surface area (Å²) >= 11 is 0. The third-order valence-corrected chi connectivity index (χ3v) is 2.35. The molecule has 16 heavy (non-hydrogen) atoms. The highest BCUT2D eigenvalue weighted by molar-refractivity contribution is 5.49. The maximum absolute atomic E-state index is 12.3. The molecule has 0 aliphatic heterocycles. The first-order valence-corrected chi connectivity index (χ1v) is 5.05. The SMILES string of the molecule is CNCCCc1ccc(C(F)(F)F)cc1N. The minimum Gasteiger partial charge on any atom is -0.398 e. The summed E-state index contributed by atoms with van der Waals surface area (Å²) in [5, 5.41) is 2.97. The van der Waals surface area contributed by atoms with Crippen molar-refractivity contribution in [2.24, 2.45) is 0 Å². The van der Waals surface area contributed by atoms with Gasteiger partial charge in [0.1, 0.15) is 0 Å². The van der Waals surface area contributed by atoms with Crippen molar-refractivity contribution in [3.05, 3.63) is 29.3 Å². The summed E-state index contributed by atoms with van der Waals surface area (Å²) in [6.45, 7) is 0.820. The molecule has 0 atom stereocenters. The number of nitrogens with one attached hydrogen (secondary N) is 1. The van der Waals surface area contributed by atoms with Gasteiger partial charge in [0.25, 0.3) is 0 Å². The lowest BCUT2D eigenvalue weighted by Crippen LogP contribution is -2.10. The van der Waals surface area contributed by atoms with Crippen LogP contribution >= 0.6 is 0 Å². The normalized spacial score (nSPS) is 11.8. The smallest absolute Gasteiger partial charge is 0.398 e. The van der Waals surface area contributed by atoms with Crippen molar-refractivity contribution in [1.29, 1.82) is 0 Å². The van der Waals surface area contributed by atoms with E-state index in [4.69, 9.17) is 5.73 Å². The molecule has 90 valence electrons. The Hall–Kier alpha value is -1.23. The van der Waals surface area contributed by atoms with Crippen LogP contribution in [0.3, 0.4) is 0 Å². The highest BCUT2D eigenvalue weighted by atomic mass is 19.4. The summed E-state index contributed by atoms with van der Waals surface area (Å²) in [5.41, 5.74) is 5.87. The van der Waals surface area contributed by atoms with Crippen LogP contribution in [0.15, 0.2) is 18.2 Å². The Morgan fingerprint density at radius 1 is 1.31 bits per heavy atom. The summed E-state index contributed by atoms with van der Waals surface area (Å²) in [6.07, 6.45) is -2.78. The number of anilines is 1. The van der Waals surface area contributed by atoms with Crippen LogP contribution in [0.1, 0.15) is 17.5 Å². The van der Waals surface area contributed by atoms with Crippen LogP contribution in [-0.2, 0) is 12.6 Å². The number of nitrogens with two attached hydrogens (primary N) is 1. The molecule has 0 aliphatic carbocycles. The molecule has 1 aromatic rings. The van der Waals surface area contributed by atoms with Crippen molar-refractivity contribution in [3.63, 3.8) is 0 Å². The Balaban J connectivity index is 2.76. The number of alkyl halides is 3. The van der Waals surface area contributed by atoms with Crippen LogP contribution in [0.5, 0.6) is 0 Å². The zero-order chi connectivity index (χ0) is 12.2. The van der Waals surface area contributed by atoms with E-state index in [1.807, 2.05) is 7.05 Å². The van der Waals surface area contributed by atoms with Gasteiger partial charge in [-0.3, -0.25) is 0 Å². The lowest BCUT2D eigenvalue weighted by molar-refractivity contribution is -0.137. The molecule has 0 aliphatic rings. The molecule has 5 heteroatoms. The van der Waals surface area contributed by atoms with Crippen LogP contribution in [-0.4, -0.2) is 13.6 Å². The zero-order valence-corrected chi connectivity index (χ0v) is 9.06. The predicted molar refractivity (Wildman–Crippen MR) is 58.1 cm³/mol. The van der Waals surface area contributed by atoms with Crippen molar-refractivity contribution in [2.45, 2.75) is 19.0 Å². The lowest BCUT2D eigenvalue weighted by atomic mass is 10.0. The maximum atomic E-state index is 12.3. The quantitative estimate of drug-likeness (QED) is 0.618. The van der Waals surface area contributed by atoms with E-state index in [0.717, 1.165) is 30.7 Å². The molecule has 2 nitrogen and oxygen atoms in total. The summed E-state index contributed by atoms with van der Waals surface area (Å²) in [7, 11) is 1.83. The standard InChI is InChI=1S/C11H15F3N2/c1-16-6-2-3-8-4-5-9(7-10(8)15)11(12,13)14/h4-5,7,16H,2-3,6,15H2,1H3. The number of benzene rings is 1. The second-order valence-electron chi connectivity index (χ2n) is 3.62. The summed E-state index contributed by atoms with van der Waals surface area (Å²) in [4.78, 5) is 0. The Morgan fingerprint density at radius 2 is 2.00 bits per heavy atom. The first-order valence-electron chi connectivity index (χ1n) is 5.05. The van der Waals surface area contributed by atoms with E-state index >= 15 is 0 Å². The Morgan fingerprint density at radius 3 is 2.50 bits per heavy atom. The topological polar surface area (TPSA) is 38.0 Å². The van der Waals surface area contributed by atoms with Crippen LogP contribution in [0.4, 0.5) is 18.9 Å². The van der Waals surface area contributed by atoms with Gasteiger partial charge in [-0.05, 0) is 44.1 Å². The molecule has 0 amide bonds. The van der Waals surface area contributed by atoms with Gasteiger partial charge >= 0.3 is 6.18 Å². The van der Waals surface area contributed by atoms with Gasteiger partial charge < -0.3 is 11.1 Å². The van der Waals surface area contributed by atoms with Crippen molar-refractivity contribution in [1.82, 2.24) is 5.32 Å². The summed E-state index contributed by atoms with van der Waals surface area (Å²) in [6, 6.07) is 3.52. The number of hydrogen-bond donors (Lipinski definition) is 2. The van der Waals surface area contributed by atoms with Crippen molar-refractivity contribution >= 4 is 5.69 Å². The first kappa shape index (κ1) is 12.8. The van der Waals surface area contributed by atoms with Gasteiger partial charge in [0, 0.05) is 5.69 Å². The van der Waals surface area contributed by atoms with Gasteiger partial charge in [-0.15, -0.1) is 0 Å². The Bertz CT molecular complexity index is 348. The van der Waals surface area contributed by atoms with Gasteiger partial charge in [0.05, 0.1) is 5.56 Å². The van der Waals surface area contributed by atoms with E-state index in [-0.39, 0.29) is 5.69 Å². The molecule has 0 saturated carbocycles. The van der Waals surface area contributed by atoms with E-state index in [0.29, 0.717) is 6.42 Å². The lowest BCUT2D eigenvalue weighted by Gasteiger charge is -2.10. The fourth-order valence-electron chi connectivity index (χ4n) is 1.45. The summed E-state index contributed by atoms with van der Waals surface area (Å²) in [5.74, 6) is 0. The molecule has 0 saturated heterocycles. The molecule has 0 radical (unpaired) electrons. The van der Waals surface area contributed by atoms with Gasteiger partial charge in [0.15, 0.2) is 0 Å². The van der Waals surface area contributed by atoms with Gasteiger partial charge in [-0.25, -0.2) is 0 Å². The molecule has 3 N–H and O–H groups in total. The van der Waals surface area contributed by atoms with Gasteiger partial charge in [-0.1, -0.05) is 6.07 Å². The number of hydrogen-bond acceptors (Lipinski definition) is 2. The third kappa shape index (κ3) is 3.41. The molecular formula is C11H15F3N2. The molecular weight excluding hydrogens is 217 g/mol. The largest absolute Gasteiger partial charge is 0.416 e. The average Bonchev–Trinajstić information content (AvgIpc) is 2.19. The maximum Gasteiger partial charge on any atom is 0.416 e. The molecule has 0 bridgehead atoms. The van der Waals surface area contributed by atoms with Gasteiger partial charge in [-0.2, -0.15) is 13.2 Å². The fraction of sp³-hybridized carbons (Fsp3) is 0.455. The Labute approximate surface area is 92.6 Å². The second kappa shape index (κ2) is 5.21. The van der Waals surface area contributed by atoms with Crippen LogP contribution in [0.25, 0.3) is 0 Å². The average molecular weight is 232 g/mol. The van der Waals surface area contributed by atoms with Crippen molar-refractivity contribution < 1.29 is 13.2 Å². The predicted octanol–water partition coefficient (Wildman–Crippen LogP) is 2.44. The molecule has 0 fully saturated rings. The minimum absolute atomic E-state index is 0.214. The zero-order valence-electron chi connectivity index (χ0n) is 9.06.